The van der Waals surface area contributed by atoms with Gasteiger partial charge in [-0.1, -0.05) is 127 Å². The van der Waals surface area contributed by atoms with Crippen LogP contribution in [0.4, 0.5) is 0 Å². The Bertz CT molecular complexity index is 3190. The summed E-state index contributed by atoms with van der Waals surface area (Å²) in [7, 11) is -0.862. The second-order valence-corrected chi connectivity index (χ2v) is 18.0. The van der Waals surface area contributed by atoms with Gasteiger partial charge in [0.2, 0.25) is 0 Å². The van der Waals surface area contributed by atoms with Crippen molar-refractivity contribution in [1.82, 2.24) is 19.1 Å². The Kier molecular flexibility index (Phi) is 7.02. The molecule has 0 aliphatic rings. The topological polar surface area (TPSA) is 48.8 Å². The molecule has 0 atom stereocenters. The van der Waals surface area contributed by atoms with E-state index in [-0.39, 0.29) is 0 Å². The minimum Gasteiger partial charge on any atom is -0.456 e. The Labute approximate surface area is 318 Å². The van der Waals surface area contributed by atoms with Crippen LogP contribution in [0.25, 0.3) is 72.0 Å². The maximum Gasteiger partial charge on any atom is 0.179 e. The van der Waals surface area contributed by atoms with Crippen LogP contribution in [-0.2, 0) is 7.05 Å². The molecule has 0 saturated heterocycles. The van der Waals surface area contributed by atoms with E-state index in [9.17, 15) is 0 Å². The van der Waals surface area contributed by atoms with E-state index in [0.29, 0.717) is 0 Å². The number of pyridine rings is 1. The fourth-order valence-electron chi connectivity index (χ4n) is 8.94. The molecule has 4 heterocycles. The number of para-hydroxylation sites is 3. The monoisotopic (exact) mass is 722 g/mol. The number of furan rings is 1. The molecule has 0 bridgehead atoms. The number of rotatable bonds is 6. The Morgan fingerprint density at radius 3 is 2.00 bits per heavy atom. The first kappa shape index (κ1) is 31.5. The quantitative estimate of drug-likeness (QED) is 0.127. The van der Waals surface area contributed by atoms with Gasteiger partial charge in [0.1, 0.15) is 22.6 Å². The first-order valence-electron chi connectivity index (χ1n) is 18.6. The molecular weight excluding hydrogens is 689 g/mol. The van der Waals surface area contributed by atoms with Crippen molar-refractivity contribution in [3.05, 3.63) is 188 Å². The van der Waals surface area contributed by atoms with Crippen LogP contribution in [-0.4, -0.2) is 27.2 Å². The average Bonchev–Trinajstić information content (AvgIpc) is 3.91. The number of hydrogen-bond donors (Lipinski definition) is 0. The Morgan fingerprint density at radius 2 is 1.20 bits per heavy atom. The van der Waals surface area contributed by atoms with E-state index in [2.05, 4.69) is 186 Å². The highest BCUT2D eigenvalue weighted by atomic mass is 28.3. The standard InChI is InChI=1S/C49H34N4OSi/c1-52-43-26-10-9-25-42(43)51-48(52)33-15-12-21-37(31-33)55(35-17-4-2-5-18-35,36-19-6-3-7-20-36)38-22-13-16-34(32-38)53-47-39(40-24-14-30-50-49(40)53)28-29-45-46(47)41-23-8-11-27-44(41)54-45/h2-32H,1H3. The van der Waals surface area contributed by atoms with Crippen molar-refractivity contribution in [2.45, 2.75) is 0 Å². The molecule has 0 radical (unpaired) electrons. The molecule has 0 aliphatic heterocycles. The fraction of sp³-hybridized carbons (Fsp3) is 0.0204. The minimum atomic E-state index is -2.97. The van der Waals surface area contributed by atoms with Gasteiger partial charge in [-0.2, -0.15) is 0 Å². The summed E-state index contributed by atoms with van der Waals surface area (Å²) in [6.07, 6.45) is 1.89. The molecule has 0 fully saturated rings. The van der Waals surface area contributed by atoms with Crippen molar-refractivity contribution in [1.29, 1.82) is 0 Å². The maximum atomic E-state index is 6.44. The molecule has 0 aliphatic carbocycles. The lowest BCUT2D eigenvalue weighted by Gasteiger charge is -2.35. The van der Waals surface area contributed by atoms with Crippen LogP contribution >= 0.6 is 0 Å². The number of aryl methyl sites for hydroxylation is 1. The van der Waals surface area contributed by atoms with Crippen molar-refractivity contribution in [3.8, 4) is 17.1 Å². The summed E-state index contributed by atoms with van der Waals surface area (Å²) in [6, 6.07) is 65.7. The van der Waals surface area contributed by atoms with Gasteiger partial charge >= 0.3 is 0 Å². The van der Waals surface area contributed by atoms with Crippen LogP contribution in [0.15, 0.2) is 193 Å². The number of hydrogen-bond acceptors (Lipinski definition) is 3. The van der Waals surface area contributed by atoms with Gasteiger partial charge in [0, 0.05) is 40.7 Å². The van der Waals surface area contributed by atoms with Gasteiger partial charge in [0.25, 0.3) is 0 Å². The molecule has 55 heavy (non-hydrogen) atoms. The van der Waals surface area contributed by atoms with E-state index in [4.69, 9.17) is 14.4 Å². The third-order valence-corrected chi connectivity index (χ3v) is 16.1. The highest BCUT2D eigenvalue weighted by Gasteiger charge is 2.42. The van der Waals surface area contributed by atoms with Crippen molar-refractivity contribution in [2.75, 3.05) is 0 Å². The largest absolute Gasteiger partial charge is 0.456 e. The summed E-state index contributed by atoms with van der Waals surface area (Å²) in [5.41, 5.74) is 8.03. The van der Waals surface area contributed by atoms with Gasteiger partial charge in [0.05, 0.1) is 21.9 Å². The van der Waals surface area contributed by atoms with Crippen LogP contribution in [0.3, 0.4) is 0 Å². The predicted octanol–water partition coefficient (Wildman–Crippen LogP) is 9.01. The Hall–Kier alpha value is -7.02. The van der Waals surface area contributed by atoms with Crippen molar-refractivity contribution >= 4 is 83.7 Å². The molecule has 0 amide bonds. The highest BCUT2D eigenvalue weighted by molar-refractivity contribution is 7.20. The van der Waals surface area contributed by atoms with Gasteiger partial charge in [0.15, 0.2) is 8.07 Å². The van der Waals surface area contributed by atoms with Crippen molar-refractivity contribution in [2.24, 2.45) is 7.05 Å². The Balaban J connectivity index is 1.23. The number of fused-ring (bicyclic) bond motifs is 8. The summed E-state index contributed by atoms with van der Waals surface area (Å²) in [4.78, 5) is 10.2. The third kappa shape index (κ3) is 4.65. The Morgan fingerprint density at radius 1 is 0.527 bits per heavy atom. The highest BCUT2D eigenvalue weighted by Crippen LogP contribution is 2.40. The second-order valence-electron chi connectivity index (χ2n) is 14.2. The van der Waals surface area contributed by atoms with Crippen LogP contribution in [0.1, 0.15) is 0 Å². The van der Waals surface area contributed by atoms with Gasteiger partial charge in [-0.3, -0.25) is 4.57 Å². The average molecular weight is 723 g/mol. The van der Waals surface area contributed by atoms with E-state index in [1.807, 2.05) is 18.3 Å². The van der Waals surface area contributed by atoms with E-state index in [1.165, 1.54) is 20.7 Å². The summed E-state index contributed by atoms with van der Waals surface area (Å²) in [5, 5.41) is 9.64. The number of aromatic nitrogens is 4. The van der Waals surface area contributed by atoms with E-state index in [0.717, 1.165) is 72.0 Å². The van der Waals surface area contributed by atoms with Gasteiger partial charge in [-0.25, -0.2) is 9.97 Å². The molecule has 0 unspecified atom stereocenters. The lowest BCUT2D eigenvalue weighted by molar-refractivity contribution is 0.669. The number of imidazole rings is 1. The summed E-state index contributed by atoms with van der Waals surface area (Å²) in [6.45, 7) is 0. The molecule has 0 spiro atoms. The van der Waals surface area contributed by atoms with Gasteiger partial charge in [-0.05, 0) is 75.3 Å². The molecule has 11 rings (SSSR count). The first-order chi connectivity index (χ1) is 27.2. The first-order valence-corrected chi connectivity index (χ1v) is 20.6. The van der Waals surface area contributed by atoms with Crippen molar-refractivity contribution in [3.63, 3.8) is 0 Å². The van der Waals surface area contributed by atoms with Gasteiger partial charge in [-0.15, -0.1) is 0 Å². The summed E-state index contributed by atoms with van der Waals surface area (Å²) < 4.78 is 11.0. The third-order valence-electron chi connectivity index (χ3n) is 11.3. The van der Waals surface area contributed by atoms with Crippen LogP contribution in [0.5, 0.6) is 0 Å². The zero-order chi connectivity index (χ0) is 36.5. The van der Waals surface area contributed by atoms with E-state index < -0.39 is 8.07 Å². The number of benzene rings is 7. The second kappa shape index (κ2) is 12.3. The van der Waals surface area contributed by atoms with Crippen LogP contribution in [0, 0.1) is 0 Å². The minimum absolute atomic E-state index is 0.866. The van der Waals surface area contributed by atoms with Gasteiger partial charge < -0.3 is 8.98 Å². The molecule has 0 N–H and O–H groups in total. The lowest BCUT2D eigenvalue weighted by Crippen LogP contribution is -2.74. The van der Waals surface area contributed by atoms with Crippen LogP contribution < -0.4 is 20.7 Å². The van der Waals surface area contributed by atoms with E-state index >= 15 is 0 Å². The lowest BCUT2D eigenvalue weighted by atomic mass is 10.1. The maximum absolute atomic E-state index is 6.44. The molecular formula is C49H34N4OSi. The van der Waals surface area contributed by atoms with Crippen LogP contribution in [0.2, 0.25) is 0 Å². The molecule has 6 heteroatoms. The molecule has 260 valence electrons. The zero-order valence-corrected chi connectivity index (χ0v) is 31.1. The zero-order valence-electron chi connectivity index (χ0n) is 30.1. The van der Waals surface area contributed by atoms with E-state index in [1.54, 1.807) is 0 Å². The number of nitrogens with zero attached hydrogens (tertiary/aromatic N) is 4. The fourth-order valence-corrected chi connectivity index (χ4v) is 13.8. The van der Waals surface area contributed by atoms with Crippen molar-refractivity contribution < 1.29 is 4.42 Å². The molecule has 0 saturated carbocycles. The molecule has 7 aromatic carbocycles. The smallest absolute Gasteiger partial charge is 0.179 e. The summed E-state index contributed by atoms with van der Waals surface area (Å²) in [5.74, 6) is 0.952. The molecule has 5 nitrogen and oxygen atoms in total. The summed E-state index contributed by atoms with van der Waals surface area (Å²) >= 11 is 0. The normalized spacial score (nSPS) is 12.1. The SMILES string of the molecule is Cn1c(-c2cccc([Si](c3ccccc3)(c3ccccc3)c3cccc(-n4c5ncccc5c5ccc6oc7ccccc7c6c54)c3)c2)nc2ccccc21. The molecule has 4 aromatic heterocycles. The molecule has 11 aromatic rings. The predicted molar refractivity (Wildman–Crippen MR) is 229 cm³/mol.